The van der Waals surface area contributed by atoms with Gasteiger partial charge in [-0.05, 0) is 31.3 Å². The molecule has 0 fully saturated rings. The molecule has 0 aliphatic rings. The van der Waals surface area contributed by atoms with E-state index in [9.17, 15) is 9.59 Å². The van der Waals surface area contributed by atoms with E-state index in [4.69, 9.17) is 9.84 Å². The molecule has 0 bridgehead atoms. The smallest absolute Gasteiger partial charge is 0.329 e. The Morgan fingerprint density at radius 2 is 2.08 bits per heavy atom. The highest BCUT2D eigenvalue weighted by Crippen LogP contribution is 2.16. The van der Waals surface area contributed by atoms with Crippen molar-refractivity contribution in [2.75, 3.05) is 26.2 Å². The molecule has 0 unspecified atom stereocenters. The highest BCUT2D eigenvalue weighted by Gasteiger charge is 2.06. The van der Waals surface area contributed by atoms with Crippen LogP contribution in [0.5, 0.6) is 5.75 Å². The molecule has 0 amide bonds. The number of ether oxygens (including phenoxy) is 1. The maximum absolute atomic E-state index is 12.4. The third-order valence-corrected chi connectivity index (χ3v) is 3.70. The van der Waals surface area contributed by atoms with Crippen LogP contribution in [-0.4, -0.2) is 51.8 Å². The van der Waals surface area contributed by atoms with Crippen LogP contribution in [0.25, 0.3) is 17.1 Å². The lowest BCUT2D eigenvalue weighted by molar-refractivity contribution is -0.131. The Morgan fingerprint density at radius 1 is 1.36 bits per heavy atom. The van der Waals surface area contributed by atoms with Crippen molar-refractivity contribution in [2.45, 2.75) is 13.8 Å². The van der Waals surface area contributed by atoms with Crippen LogP contribution in [0.3, 0.4) is 0 Å². The Hall–Kier alpha value is -2.38. The van der Waals surface area contributed by atoms with Gasteiger partial charge in [-0.25, -0.2) is 9.78 Å². The summed E-state index contributed by atoms with van der Waals surface area (Å²) in [4.78, 5) is 29.4. The zero-order valence-electron chi connectivity index (χ0n) is 14.2. The number of nitrogens with zero attached hydrogens (tertiary/aromatic N) is 3. The first-order valence-electron chi connectivity index (χ1n) is 7.82. The first kappa shape index (κ1) is 20.7. The van der Waals surface area contributed by atoms with Crippen LogP contribution in [0.2, 0.25) is 0 Å². The molecule has 1 aromatic carbocycles. The molecule has 7 nitrogen and oxygen atoms in total. The number of carbonyl (C=O) groups is 1. The predicted molar refractivity (Wildman–Crippen MR) is 99.5 cm³/mol. The van der Waals surface area contributed by atoms with E-state index in [2.05, 4.69) is 23.7 Å². The monoisotopic (exact) mass is 367 g/mol. The summed E-state index contributed by atoms with van der Waals surface area (Å²) in [5.41, 5.74) is 0.197. The van der Waals surface area contributed by atoms with Crippen molar-refractivity contribution < 1.29 is 14.6 Å². The molecule has 0 aliphatic carbocycles. The van der Waals surface area contributed by atoms with Gasteiger partial charge in [-0.3, -0.25) is 9.36 Å². The Bertz CT molecular complexity index is 800. The summed E-state index contributed by atoms with van der Waals surface area (Å²) in [6.07, 6.45) is 3.36. The molecule has 0 spiro atoms. The van der Waals surface area contributed by atoms with Gasteiger partial charge in [-0.2, -0.15) is 0 Å². The summed E-state index contributed by atoms with van der Waals surface area (Å²) in [7, 11) is 0. The van der Waals surface area contributed by atoms with Crippen molar-refractivity contribution >= 4 is 35.5 Å². The minimum Gasteiger partial charge on any atom is -0.492 e. The number of likely N-dealkylation sites (N-methyl/N-ethyl adjacent to an activating group) is 1. The quantitative estimate of drug-likeness (QED) is 0.719. The zero-order valence-corrected chi connectivity index (χ0v) is 15.0. The van der Waals surface area contributed by atoms with Gasteiger partial charge in [0, 0.05) is 18.8 Å². The largest absolute Gasteiger partial charge is 0.492 e. The molecule has 25 heavy (non-hydrogen) atoms. The number of fused-ring (bicyclic) bond motifs is 1. The van der Waals surface area contributed by atoms with E-state index in [0.29, 0.717) is 23.3 Å². The Labute approximate surface area is 152 Å². The van der Waals surface area contributed by atoms with E-state index in [-0.39, 0.29) is 18.0 Å². The maximum atomic E-state index is 12.4. The summed E-state index contributed by atoms with van der Waals surface area (Å²) < 4.78 is 6.85. The van der Waals surface area contributed by atoms with Crippen molar-refractivity contribution in [3.8, 4) is 5.75 Å². The van der Waals surface area contributed by atoms with Crippen LogP contribution in [-0.2, 0) is 4.79 Å². The van der Waals surface area contributed by atoms with Crippen LogP contribution >= 0.6 is 12.4 Å². The van der Waals surface area contributed by atoms with Crippen LogP contribution in [0, 0.1) is 0 Å². The lowest BCUT2D eigenvalue weighted by Gasteiger charge is -2.18. The number of carboxylic acids is 1. The molecule has 0 saturated carbocycles. The van der Waals surface area contributed by atoms with Gasteiger partial charge in [0.05, 0.1) is 10.9 Å². The molecule has 0 aliphatic heterocycles. The lowest BCUT2D eigenvalue weighted by Crippen LogP contribution is -2.27. The lowest BCUT2D eigenvalue weighted by atomic mass is 10.2. The van der Waals surface area contributed by atoms with E-state index >= 15 is 0 Å². The third kappa shape index (κ3) is 5.58. The average Bonchev–Trinajstić information content (AvgIpc) is 2.58. The Morgan fingerprint density at radius 3 is 2.72 bits per heavy atom. The summed E-state index contributed by atoms with van der Waals surface area (Å²) in [5, 5.41) is 9.04. The van der Waals surface area contributed by atoms with Crippen LogP contribution in [0.1, 0.15) is 13.8 Å². The number of rotatable bonds is 8. The molecule has 2 aromatic rings. The molecule has 1 aromatic heterocycles. The Balaban J connectivity index is 0.00000312. The molecule has 0 saturated heterocycles. The van der Waals surface area contributed by atoms with Crippen LogP contribution in [0.4, 0.5) is 0 Å². The number of hydrogen-bond acceptors (Lipinski definition) is 5. The standard InChI is InChI=1S/C17H21N3O4.ClH/c1-3-19(4-2)9-10-24-13-5-6-15-14(11-13)17(23)20(12-18-15)8-7-16(21)22;/h5-8,11-12H,3-4,9-10H2,1-2H3,(H,21,22);1H/b8-7+;. The van der Waals surface area contributed by atoms with Crippen molar-refractivity contribution in [1.29, 1.82) is 0 Å². The zero-order chi connectivity index (χ0) is 17.5. The first-order chi connectivity index (χ1) is 11.5. The molecular formula is C17H22ClN3O4. The number of hydrogen-bond donors (Lipinski definition) is 1. The predicted octanol–water partition coefficient (Wildman–Crippen LogP) is 2.09. The van der Waals surface area contributed by atoms with Crippen LogP contribution < -0.4 is 10.3 Å². The van der Waals surface area contributed by atoms with Gasteiger partial charge in [0.25, 0.3) is 5.56 Å². The SMILES string of the molecule is CCN(CC)CCOc1ccc2ncn(/C=C/C(=O)O)c(=O)c2c1.Cl. The fourth-order valence-corrected chi connectivity index (χ4v) is 2.29. The molecular weight excluding hydrogens is 346 g/mol. The first-order valence-corrected chi connectivity index (χ1v) is 7.82. The molecule has 2 rings (SSSR count). The Kier molecular flexibility index (Phi) is 8.10. The number of carboxylic acid groups (broad SMARTS) is 1. The van der Waals surface area contributed by atoms with Crippen molar-refractivity contribution in [1.82, 2.24) is 14.5 Å². The fourth-order valence-electron chi connectivity index (χ4n) is 2.29. The average molecular weight is 368 g/mol. The van der Waals surface area contributed by atoms with Gasteiger partial charge in [-0.15, -0.1) is 12.4 Å². The highest BCUT2D eigenvalue weighted by molar-refractivity contribution is 5.85. The van der Waals surface area contributed by atoms with Crippen molar-refractivity contribution in [2.24, 2.45) is 0 Å². The van der Waals surface area contributed by atoms with E-state index in [1.54, 1.807) is 18.2 Å². The second kappa shape index (κ2) is 9.80. The van der Waals surface area contributed by atoms with Gasteiger partial charge < -0.3 is 14.7 Å². The van der Waals surface area contributed by atoms with E-state index in [1.807, 2.05) is 0 Å². The number of halogens is 1. The van der Waals surface area contributed by atoms with Gasteiger partial charge in [0.15, 0.2) is 0 Å². The maximum Gasteiger partial charge on any atom is 0.329 e. The molecule has 0 radical (unpaired) electrons. The molecule has 1 heterocycles. The van der Waals surface area contributed by atoms with Gasteiger partial charge >= 0.3 is 5.97 Å². The van der Waals surface area contributed by atoms with E-state index < -0.39 is 5.97 Å². The second-order valence-electron chi connectivity index (χ2n) is 5.17. The molecule has 8 heteroatoms. The highest BCUT2D eigenvalue weighted by atomic mass is 35.5. The summed E-state index contributed by atoms with van der Waals surface area (Å²) in [5.74, 6) is -0.538. The molecule has 0 atom stereocenters. The second-order valence-corrected chi connectivity index (χ2v) is 5.17. The minimum atomic E-state index is -1.13. The van der Waals surface area contributed by atoms with E-state index in [1.165, 1.54) is 12.5 Å². The van der Waals surface area contributed by atoms with Gasteiger partial charge in [0.2, 0.25) is 0 Å². The molecule has 136 valence electrons. The minimum absolute atomic E-state index is 0. The van der Waals surface area contributed by atoms with Crippen molar-refractivity contribution in [3.05, 3.63) is 41.0 Å². The van der Waals surface area contributed by atoms with E-state index in [0.717, 1.165) is 30.3 Å². The van der Waals surface area contributed by atoms with Gasteiger partial charge in [0.1, 0.15) is 18.7 Å². The topological polar surface area (TPSA) is 84.7 Å². The van der Waals surface area contributed by atoms with Crippen molar-refractivity contribution in [3.63, 3.8) is 0 Å². The summed E-state index contributed by atoms with van der Waals surface area (Å²) in [6, 6.07) is 5.13. The normalized spacial score (nSPS) is 11.0. The summed E-state index contributed by atoms with van der Waals surface area (Å²) in [6.45, 7) is 7.45. The summed E-state index contributed by atoms with van der Waals surface area (Å²) >= 11 is 0. The number of aliphatic carboxylic acids is 1. The van der Waals surface area contributed by atoms with Gasteiger partial charge in [-0.1, -0.05) is 13.8 Å². The van der Waals surface area contributed by atoms with Crippen LogP contribution in [0.15, 0.2) is 35.4 Å². The third-order valence-electron chi connectivity index (χ3n) is 3.70. The number of aromatic nitrogens is 2. The molecule has 1 N–H and O–H groups in total. The fraction of sp³-hybridized carbons (Fsp3) is 0.353. The number of benzene rings is 1.